The van der Waals surface area contributed by atoms with Gasteiger partial charge in [0.05, 0.1) is 34.4 Å². The van der Waals surface area contributed by atoms with Gasteiger partial charge in [-0.05, 0) is 77.0 Å². The van der Waals surface area contributed by atoms with E-state index in [1.165, 1.54) is 103 Å². The molecular formula is C53H94NO7+. The Morgan fingerprint density at radius 3 is 1.38 bits per heavy atom. The molecule has 1 N–H and O–H groups in total. The van der Waals surface area contributed by atoms with Gasteiger partial charge in [-0.2, -0.15) is 0 Å². The number of allylic oxidation sites excluding steroid dienone is 10. The van der Waals surface area contributed by atoms with Crippen molar-refractivity contribution in [3.8, 4) is 0 Å². The van der Waals surface area contributed by atoms with Crippen LogP contribution in [0, 0.1) is 0 Å². The minimum absolute atomic E-state index is 0.0535. The maximum absolute atomic E-state index is 12.8. The molecule has 61 heavy (non-hydrogen) atoms. The monoisotopic (exact) mass is 857 g/mol. The molecule has 8 nitrogen and oxygen atoms in total. The van der Waals surface area contributed by atoms with Gasteiger partial charge >= 0.3 is 17.9 Å². The van der Waals surface area contributed by atoms with Crippen molar-refractivity contribution in [1.29, 1.82) is 0 Å². The number of hydrogen-bond donors (Lipinski definition) is 1. The molecule has 0 heterocycles. The first kappa shape index (κ1) is 58.0. The lowest BCUT2D eigenvalue weighted by Crippen LogP contribution is -2.50. The summed E-state index contributed by atoms with van der Waals surface area (Å²) in [5.41, 5.74) is 0. The molecule has 352 valence electrons. The van der Waals surface area contributed by atoms with Crippen LogP contribution in [-0.4, -0.2) is 80.6 Å². The fourth-order valence-electron chi connectivity index (χ4n) is 7.03. The summed E-state index contributed by atoms with van der Waals surface area (Å²) in [5.74, 6) is -1.49. The number of likely N-dealkylation sites (N-methyl/N-ethyl adjacent to an activating group) is 1. The van der Waals surface area contributed by atoms with Crippen LogP contribution < -0.4 is 0 Å². The van der Waals surface area contributed by atoms with E-state index in [2.05, 4.69) is 74.6 Å². The maximum Gasteiger partial charge on any atom is 0.362 e. The number of rotatable bonds is 44. The van der Waals surface area contributed by atoms with E-state index in [0.29, 0.717) is 19.3 Å². The van der Waals surface area contributed by atoms with Crippen LogP contribution in [0.5, 0.6) is 0 Å². The fraction of sp³-hybridized carbons (Fsp3) is 0.755. The average Bonchev–Trinajstić information content (AvgIpc) is 3.22. The number of carboxylic acids is 1. The van der Waals surface area contributed by atoms with Crippen molar-refractivity contribution in [2.45, 2.75) is 219 Å². The zero-order chi connectivity index (χ0) is 44.9. The number of nitrogens with zero attached hydrogens (tertiary/aromatic N) is 1. The summed E-state index contributed by atoms with van der Waals surface area (Å²) in [6.45, 7) is 4.67. The Morgan fingerprint density at radius 2 is 0.918 bits per heavy atom. The van der Waals surface area contributed by atoms with Crippen molar-refractivity contribution in [2.75, 3.05) is 41.0 Å². The van der Waals surface area contributed by atoms with Crippen molar-refractivity contribution >= 4 is 17.9 Å². The topological polar surface area (TPSA) is 99.1 Å². The third kappa shape index (κ3) is 42.1. The molecule has 8 heteroatoms. The van der Waals surface area contributed by atoms with Gasteiger partial charge in [-0.25, -0.2) is 4.79 Å². The zero-order valence-corrected chi connectivity index (χ0v) is 40.1. The molecule has 0 saturated heterocycles. The van der Waals surface area contributed by atoms with Crippen molar-refractivity contribution < 1.29 is 38.2 Å². The van der Waals surface area contributed by atoms with Gasteiger partial charge < -0.3 is 23.8 Å². The molecule has 0 amide bonds. The third-order valence-corrected chi connectivity index (χ3v) is 10.9. The summed E-state index contributed by atoms with van der Waals surface area (Å²) in [6.07, 6.45) is 54.0. The van der Waals surface area contributed by atoms with Gasteiger partial charge in [0.1, 0.15) is 6.61 Å². The minimum atomic E-state index is -0.878. The van der Waals surface area contributed by atoms with E-state index in [9.17, 15) is 19.5 Å². The Balaban J connectivity index is 4.29. The Labute approximate surface area is 375 Å². The number of hydrogen-bond acceptors (Lipinski definition) is 6. The molecule has 0 aliphatic heterocycles. The predicted octanol–water partition coefficient (Wildman–Crippen LogP) is 14.1. The summed E-state index contributed by atoms with van der Waals surface area (Å²) in [4.78, 5) is 37.1. The summed E-state index contributed by atoms with van der Waals surface area (Å²) in [7, 11) is 5.52. The number of unbranched alkanes of at least 4 members (excludes halogenated alkanes) is 21. The van der Waals surface area contributed by atoms with Gasteiger partial charge in [-0.15, -0.1) is 0 Å². The number of aliphatic carboxylic acids is 1. The Hall–Kier alpha value is -2.97. The predicted molar refractivity (Wildman–Crippen MR) is 257 cm³/mol. The normalized spacial score (nSPS) is 13.4. The second kappa shape index (κ2) is 43.7. The van der Waals surface area contributed by atoms with Crippen molar-refractivity contribution in [1.82, 2.24) is 0 Å². The number of esters is 2. The summed E-state index contributed by atoms with van der Waals surface area (Å²) in [5, 5.41) is 9.64. The highest BCUT2D eigenvalue weighted by Crippen LogP contribution is 2.14. The first-order valence-electron chi connectivity index (χ1n) is 24.8. The van der Waals surface area contributed by atoms with E-state index < -0.39 is 18.1 Å². The first-order valence-corrected chi connectivity index (χ1v) is 24.8. The molecule has 0 bridgehead atoms. The van der Waals surface area contributed by atoms with E-state index >= 15 is 0 Å². The number of carboxylic acid groups (broad SMARTS) is 1. The second-order valence-corrected chi connectivity index (χ2v) is 17.7. The van der Waals surface area contributed by atoms with Crippen LogP contribution >= 0.6 is 0 Å². The lowest BCUT2D eigenvalue weighted by Gasteiger charge is -2.31. The van der Waals surface area contributed by atoms with Crippen molar-refractivity contribution in [3.63, 3.8) is 0 Å². The van der Waals surface area contributed by atoms with Crippen LogP contribution in [0.3, 0.4) is 0 Å². The Kier molecular flexibility index (Phi) is 41.5. The largest absolute Gasteiger partial charge is 0.477 e. The molecular weight excluding hydrogens is 763 g/mol. The van der Waals surface area contributed by atoms with Gasteiger partial charge in [0.15, 0.2) is 12.1 Å². The quantitative estimate of drug-likeness (QED) is 0.0214. The standard InChI is InChI=1S/C53H93NO7/c1-6-8-10-12-14-16-18-20-22-23-24-25-26-27-28-30-32-34-36-38-40-42-44-52(56)61-49(47-59-46-45-50(53(57)58)54(3,4)5)48-60-51(55)43-41-39-37-35-33-31-29-21-19-17-15-13-11-9-7-2/h14-17,19-22,24-25,49-50H,6-13,18,23,26-48H2,1-5H3/p+1/b16-14+,17-15+,21-19+,22-20+,25-24+. The van der Waals surface area contributed by atoms with Gasteiger partial charge in [0, 0.05) is 19.3 Å². The summed E-state index contributed by atoms with van der Waals surface area (Å²) in [6, 6.07) is -0.620. The van der Waals surface area contributed by atoms with Gasteiger partial charge in [-0.3, -0.25) is 9.59 Å². The molecule has 0 aliphatic carbocycles. The molecule has 0 fully saturated rings. The molecule has 0 rings (SSSR count). The van der Waals surface area contributed by atoms with Crippen molar-refractivity contribution in [2.24, 2.45) is 0 Å². The Bertz CT molecular complexity index is 1180. The molecule has 0 aromatic heterocycles. The number of ether oxygens (including phenoxy) is 3. The average molecular weight is 857 g/mol. The van der Waals surface area contributed by atoms with Crippen LogP contribution in [0.4, 0.5) is 0 Å². The molecule has 0 aromatic rings. The molecule has 0 saturated carbocycles. The molecule has 0 radical (unpaired) electrons. The third-order valence-electron chi connectivity index (χ3n) is 10.9. The van der Waals surface area contributed by atoms with Crippen LogP contribution in [0.1, 0.15) is 206 Å². The highest BCUT2D eigenvalue weighted by Gasteiger charge is 2.31. The van der Waals surface area contributed by atoms with E-state index in [1.807, 2.05) is 21.1 Å². The first-order chi connectivity index (χ1) is 29.6. The van der Waals surface area contributed by atoms with Gasteiger partial charge in [0.2, 0.25) is 0 Å². The number of carbonyl (C=O) groups excluding carboxylic acids is 2. The van der Waals surface area contributed by atoms with Gasteiger partial charge in [0.25, 0.3) is 0 Å². The number of carbonyl (C=O) groups is 3. The summed E-state index contributed by atoms with van der Waals surface area (Å²) < 4.78 is 17.3. The molecule has 2 unspecified atom stereocenters. The minimum Gasteiger partial charge on any atom is -0.477 e. The molecule has 0 aromatic carbocycles. The Morgan fingerprint density at radius 1 is 0.508 bits per heavy atom. The van der Waals surface area contributed by atoms with E-state index in [4.69, 9.17) is 14.2 Å². The zero-order valence-electron chi connectivity index (χ0n) is 40.1. The van der Waals surface area contributed by atoms with Crippen molar-refractivity contribution in [3.05, 3.63) is 60.8 Å². The lowest BCUT2D eigenvalue weighted by molar-refractivity contribution is -0.887. The van der Waals surface area contributed by atoms with Gasteiger partial charge in [-0.1, -0.05) is 171 Å². The highest BCUT2D eigenvalue weighted by atomic mass is 16.6. The molecule has 0 spiro atoms. The van der Waals surface area contributed by atoms with E-state index in [-0.39, 0.29) is 36.2 Å². The van der Waals surface area contributed by atoms with Crippen LogP contribution in [0.25, 0.3) is 0 Å². The molecule has 2 atom stereocenters. The van der Waals surface area contributed by atoms with E-state index in [1.54, 1.807) is 0 Å². The van der Waals surface area contributed by atoms with Crippen LogP contribution in [0.2, 0.25) is 0 Å². The molecule has 0 aliphatic rings. The van der Waals surface area contributed by atoms with Crippen LogP contribution in [-0.2, 0) is 28.6 Å². The van der Waals surface area contributed by atoms with E-state index in [0.717, 1.165) is 70.6 Å². The maximum atomic E-state index is 12.8. The fourth-order valence-corrected chi connectivity index (χ4v) is 7.03. The van der Waals surface area contributed by atoms with Crippen LogP contribution in [0.15, 0.2) is 60.8 Å². The lowest BCUT2D eigenvalue weighted by atomic mass is 10.1. The second-order valence-electron chi connectivity index (χ2n) is 17.7. The smallest absolute Gasteiger partial charge is 0.362 e. The highest BCUT2D eigenvalue weighted by molar-refractivity contribution is 5.72. The summed E-state index contributed by atoms with van der Waals surface area (Å²) >= 11 is 0. The number of quaternary nitrogens is 1. The SMILES string of the molecule is CCCCC/C=C/C=C/CCCCCCCCC(=O)OCC(COCCC(C(=O)O)[N+](C)(C)C)OC(=O)CCCCCCCCCCC/C=C/C/C=C/C/C=C/CCCCC.